The number of alkyl halides is 3. The molecule has 1 N–H and O–H groups in total. The predicted octanol–water partition coefficient (Wildman–Crippen LogP) is 5.22. The van der Waals surface area contributed by atoms with Gasteiger partial charge < -0.3 is 9.84 Å². The Hall–Kier alpha value is -2.87. The van der Waals surface area contributed by atoms with E-state index in [1.807, 2.05) is 19.1 Å². The van der Waals surface area contributed by atoms with Gasteiger partial charge in [0.2, 0.25) is 17.6 Å². The summed E-state index contributed by atoms with van der Waals surface area (Å²) in [7, 11) is 0. The molecule has 0 radical (unpaired) electrons. The van der Waals surface area contributed by atoms with Gasteiger partial charge in [0.25, 0.3) is 0 Å². The van der Waals surface area contributed by atoms with Crippen LogP contribution in [0.3, 0.4) is 0 Å². The number of amides is 1. The minimum Gasteiger partial charge on any atom is -0.350 e. The van der Waals surface area contributed by atoms with Crippen LogP contribution in [0, 0.1) is 0 Å². The van der Waals surface area contributed by atoms with E-state index in [9.17, 15) is 18.0 Å². The molecule has 29 heavy (non-hydrogen) atoms. The van der Waals surface area contributed by atoms with Crippen molar-refractivity contribution in [3.63, 3.8) is 0 Å². The lowest BCUT2D eigenvalue weighted by Gasteiger charge is -2.14. The Morgan fingerprint density at radius 3 is 2.62 bits per heavy atom. The molecule has 3 rings (SSSR count). The van der Waals surface area contributed by atoms with E-state index in [0.29, 0.717) is 5.02 Å². The number of hydrogen-bond donors (Lipinski definition) is 1. The van der Waals surface area contributed by atoms with E-state index in [1.165, 1.54) is 12.1 Å². The van der Waals surface area contributed by atoms with Crippen molar-refractivity contribution in [2.75, 3.05) is 0 Å². The number of nitrogens with zero attached hydrogens (tertiary/aromatic N) is 2. The van der Waals surface area contributed by atoms with Crippen molar-refractivity contribution in [3.05, 3.63) is 70.6 Å². The third-order valence-electron chi connectivity index (χ3n) is 4.23. The van der Waals surface area contributed by atoms with Crippen molar-refractivity contribution in [1.29, 1.82) is 0 Å². The lowest BCUT2D eigenvalue weighted by atomic mass is 10.1. The first kappa shape index (κ1) is 20.9. The molecule has 0 saturated carbocycles. The van der Waals surface area contributed by atoms with Crippen molar-refractivity contribution in [2.45, 2.75) is 32.0 Å². The van der Waals surface area contributed by atoms with E-state index in [1.54, 1.807) is 12.1 Å². The van der Waals surface area contributed by atoms with Gasteiger partial charge in [0.15, 0.2) is 0 Å². The van der Waals surface area contributed by atoms with Gasteiger partial charge in [0.1, 0.15) is 0 Å². The van der Waals surface area contributed by atoms with Gasteiger partial charge in [-0.2, -0.15) is 18.2 Å². The van der Waals surface area contributed by atoms with E-state index in [-0.39, 0.29) is 42.1 Å². The summed E-state index contributed by atoms with van der Waals surface area (Å²) < 4.78 is 43.5. The Labute approximate surface area is 169 Å². The molecule has 1 atom stereocenters. The topological polar surface area (TPSA) is 68.0 Å². The highest BCUT2D eigenvalue weighted by Gasteiger charge is 2.30. The molecular weight excluding hydrogens is 407 g/mol. The molecular formula is C20H17ClF3N3O2. The molecule has 1 amide bonds. The lowest BCUT2D eigenvalue weighted by molar-refractivity contribution is -0.137. The fraction of sp³-hybridized carbons (Fsp3) is 0.250. The Morgan fingerprint density at radius 2 is 1.93 bits per heavy atom. The number of aryl methyl sites for hydroxylation is 1. The highest BCUT2D eigenvalue weighted by molar-refractivity contribution is 6.30. The standard InChI is InChI=1S/C20H17ClF3N3O2/c1-12(13-5-7-16(21)8-6-13)25-17(28)9-10-18-26-19(27-29-18)14-3-2-4-15(11-14)20(22,23)24/h2-8,11-12H,9-10H2,1H3,(H,25,28). The molecule has 2 aromatic carbocycles. The summed E-state index contributed by atoms with van der Waals surface area (Å²) in [6.07, 6.45) is -4.19. The Bertz CT molecular complexity index is 987. The largest absolute Gasteiger partial charge is 0.416 e. The number of benzene rings is 2. The van der Waals surface area contributed by atoms with Crippen LogP contribution in [0.25, 0.3) is 11.4 Å². The first-order chi connectivity index (χ1) is 13.7. The third kappa shape index (κ3) is 5.57. The van der Waals surface area contributed by atoms with Crippen LogP contribution in [0.1, 0.15) is 36.4 Å². The molecule has 5 nitrogen and oxygen atoms in total. The minimum absolute atomic E-state index is 0.0426. The molecule has 152 valence electrons. The second-order valence-electron chi connectivity index (χ2n) is 6.43. The summed E-state index contributed by atoms with van der Waals surface area (Å²) >= 11 is 5.85. The van der Waals surface area contributed by atoms with Gasteiger partial charge in [-0.3, -0.25) is 4.79 Å². The molecule has 0 aliphatic rings. The van der Waals surface area contributed by atoms with E-state index in [2.05, 4.69) is 15.5 Å². The van der Waals surface area contributed by atoms with Crippen LogP contribution in [0.5, 0.6) is 0 Å². The van der Waals surface area contributed by atoms with Crippen molar-refractivity contribution in [1.82, 2.24) is 15.5 Å². The average molecular weight is 424 g/mol. The number of halogens is 4. The first-order valence-electron chi connectivity index (χ1n) is 8.77. The first-order valence-corrected chi connectivity index (χ1v) is 9.15. The van der Waals surface area contributed by atoms with Crippen LogP contribution in [-0.2, 0) is 17.4 Å². The fourth-order valence-electron chi connectivity index (χ4n) is 2.68. The highest BCUT2D eigenvalue weighted by Crippen LogP contribution is 2.31. The van der Waals surface area contributed by atoms with Crippen molar-refractivity contribution in [3.8, 4) is 11.4 Å². The minimum atomic E-state index is -4.46. The maximum Gasteiger partial charge on any atom is 0.416 e. The second kappa shape index (κ2) is 8.65. The Kier molecular flexibility index (Phi) is 6.22. The zero-order valence-corrected chi connectivity index (χ0v) is 16.1. The molecule has 0 aliphatic heterocycles. The summed E-state index contributed by atoms with van der Waals surface area (Å²) in [5.74, 6) is -0.000910. The predicted molar refractivity (Wildman–Crippen MR) is 101 cm³/mol. The van der Waals surface area contributed by atoms with Crippen molar-refractivity contribution >= 4 is 17.5 Å². The Balaban J connectivity index is 1.58. The van der Waals surface area contributed by atoms with Crippen molar-refractivity contribution in [2.24, 2.45) is 0 Å². The zero-order valence-electron chi connectivity index (χ0n) is 15.3. The molecule has 0 spiro atoms. The quantitative estimate of drug-likeness (QED) is 0.590. The number of hydrogen-bond acceptors (Lipinski definition) is 4. The molecule has 3 aromatic rings. The summed E-state index contributed by atoms with van der Waals surface area (Å²) in [5.41, 5.74) is 0.305. The van der Waals surface area contributed by atoms with Gasteiger partial charge in [0.05, 0.1) is 11.6 Å². The second-order valence-corrected chi connectivity index (χ2v) is 6.87. The highest BCUT2D eigenvalue weighted by atomic mass is 35.5. The fourth-order valence-corrected chi connectivity index (χ4v) is 2.80. The van der Waals surface area contributed by atoms with E-state index < -0.39 is 11.7 Å². The molecule has 1 unspecified atom stereocenters. The van der Waals surface area contributed by atoms with Crippen LogP contribution in [0.2, 0.25) is 5.02 Å². The molecule has 0 fully saturated rings. The summed E-state index contributed by atoms with van der Waals surface area (Å²) in [6.45, 7) is 1.85. The monoisotopic (exact) mass is 423 g/mol. The van der Waals surface area contributed by atoms with Crippen LogP contribution in [0.15, 0.2) is 53.1 Å². The normalized spacial score (nSPS) is 12.6. The van der Waals surface area contributed by atoms with Crippen LogP contribution in [-0.4, -0.2) is 16.0 Å². The summed E-state index contributed by atoms with van der Waals surface area (Å²) in [4.78, 5) is 16.2. The SMILES string of the molecule is CC(NC(=O)CCc1nc(-c2cccc(C(F)(F)F)c2)no1)c1ccc(Cl)cc1. The van der Waals surface area contributed by atoms with Crippen LogP contribution in [0.4, 0.5) is 13.2 Å². The zero-order chi connectivity index (χ0) is 21.0. The van der Waals surface area contributed by atoms with Gasteiger partial charge in [-0.05, 0) is 36.8 Å². The molecule has 1 heterocycles. The molecule has 0 bridgehead atoms. The van der Waals surface area contributed by atoms with Gasteiger partial charge >= 0.3 is 6.18 Å². The number of rotatable bonds is 6. The molecule has 0 aliphatic carbocycles. The van der Waals surface area contributed by atoms with E-state index >= 15 is 0 Å². The van der Waals surface area contributed by atoms with Gasteiger partial charge in [-0.15, -0.1) is 0 Å². The summed E-state index contributed by atoms with van der Waals surface area (Å²) in [5, 5.41) is 7.17. The molecule has 0 saturated heterocycles. The van der Waals surface area contributed by atoms with E-state index in [4.69, 9.17) is 16.1 Å². The third-order valence-corrected chi connectivity index (χ3v) is 4.48. The summed E-state index contributed by atoms with van der Waals surface area (Å²) in [6, 6.07) is 11.6. The van der Waals surface area contributed by atoms with Gasteiger partial charge in [-0.25, -0.2) is 0 Å². The smallest absolute Gasteiger partial charge is 0.350 e. The lowest BCUT2D eigenvalue weighted by Crippen LogP contribution is -2.26. The van der Waals surface area contributed by atoms with Gasteiger partial charge in [-0.1, -0.05) is 41.0 Å². The maximum absolute atomic E-state index is 12.8. The maximum atomic E-state index is 12.8. The molecule has 1 aromatic heterocycles. The Morgan fingerprint density at radius 1 is 1.21 bits per heavy atom. The number of nitrogens with one attached hydrogen (secondary N) is 1. The molecule has 9 heteroatoms. The van der Waals surface area contributed by atoms with Crippen molar-refractivity contribution < 1.29 is 22.5 Å². The van der Waals surface area contributed by atoms with Crippen LogP contribution < -0.4 is 5.32 Å². The van der Waals surface area contributed by atoms with Gasteiger partial charge in [0, 0.05) is 23.4 Å². The van der Waals surface area contributed by atoms with E-state index in [0.717, 1.165) is 17.7 Å². The van der Waals surface area contributed by atoms with Crippen LogP contribution >= 0.6 is 11.6 Å². The number of aromatic nitrogens is 2. The number of carbonyl (C=O) groups is 1. The number of carbonyl (C=O) groups excluding carboxylic acids is 1. The average Bonchev–Trinajstić information content (AvgIpc) is 3.15.